The molecule has 0 amide bonds. The van der Waals surface area contributed by atoms with Crippen LogP contribution in [0.2, 0.25) is 0 Å². The molecule has 1 aliphatic carbocycles. The van der Waals surface area contributed by atoms with E-state index in [9.17, 15) is 39.5 Å². The van der Waals surface area contributed by atoms with Gasteiger partial charge in [0, 0.05) is 0 Å². The molecule has 1 radical (unpaired) electrons. The minimum absolute atomic E-state index is 0.272. The van der Waals surface area contributed by atoms with Gasteiger partial charge in [-0.25, -0.2) is 4.39 Å². The number of allylic oxidation sites excluding steroid dienone is 2. The molecule has 0 unspecified atom stereocenters. The quantitative estimate of drug-likeness (QED) is 0.573. The second-order valence-electron chi connectivity index (χ2n) is 2.74. The maximum Gasteiger partial charge on any atom is 0.385 e. The molecule has 0 aromatic rings. The van der Waals surface area contributed by atoms with Gasteiger partial charge < -0.3 is 0 Å². The highest BCUT2D eigenvalue weighted by atomic mass is 19.4. The molecule has 0 saturated carbocycles. The first-order valence-electron chi connectivity index (χ1n) is 3.20. The number of hydrogen-bond acceptors (Lipinski definition) is 0. The Bertz CT molecular complexity index is 313. The van der Waals surface area contributed by atoms with Gasteiger partial charge in [0.25, 0.3) is 0 Å². The Hall–Kier alpha value is -0.890. The summed E-state index contributed by atoms with van der Waals surface area (Å²) in [6.07, 6.45) is -0.272. The summed E-state index contributed by atoms with van der Waals surface area (Å²) >= 11 is 0. The van der Waals surface area contributed by atoms with Gasteiger partial charge in [-0.2, -0.15) is 35.1 Å². The molecule has 15 heavy (non-hydrogen) atoms. The lowest BCUT2D eigenvalue weighted by Crippen LogP contribution is -2.65. The number of halogens is 9. The molecule has 87 valence electrons. The summed E-state index contributed by atoms with van der Waals surface area (Å²) in [4.78, 5) is 0. The third-order valence-electron chi connectivity index (χ3n) is 1.73. The smallest absolute Gasteiger partial charge is 0.204 e. The Morgan fingerprint density at radius 2 is 1.13 bits per heavy atom. The fraction of sp³-hybridized carbons (Fsp3) is 0.667. The Morgan fingerprint density at radius 3 is 1.53 bits per heavy atom. The van der Waals surface area contributed by atoms with Crippen molar-refractivity contribution in [1.29, 1.82) is 0 Å². The van der Waals surface area contributed by atoms with Crippen LogP contribution < -0.4 is 0 Å². The van der Waals surface area contributed by atoms with Gasteiger partial charge in [0.2, 0.25) is 0 Å². The van der Waals surface area contributed by atoms with Crippen molar-refractivity contribution in [2.75, 3.05) is 0 Å². The lowest BCUT2D eigenvalue weighted by atomic mass is 9.91. The zero-order chi connectivity index (χ0) is 12.3. The summed E-state index contributed by atoms with van der Waals surface area (Å²) in [5.41, 5.74) is 0. The Morgan fingerprint density at radius 1 is 0.733 bits per heavy atom. The van der Waals surface area contributed by atoms with Gasteiger partial charge in [-0.3, -0.25) is 0 Å². The van der Waals surface area contributed by atoms with E-state index in [0.29, 0.717) is 0 Å². The van der Waals surface area contributed by atoms with Gasteiger partial charge in [-0.05, 0) is 0 Å². The van der Waals surface area contributed by atoms with E-state index in [1.165, 1.54) is 0 Å². The molecule has 0 aliphatic heterocycles. The van der Waals surface area contributed by atoms with E-state index in [0.717, 1.165) is 0 Å². The number of alkyl halides is 8. The predicted octanol–water partition coefficient (Wildman–Crippen LogP) is 3.20. The molecule has 1 rings (SSSR count). The van der Waals surface area contributed by atoms with Crippen LogP contribution in [0.3, 0.4) is 0 Å². The second-order valence-corrected chi connectivity index (χ2v) is 2.74. The van der Waals surface area contributed by atoms with E-state index in [-0.39, 0.29) is 6.08 Å². The van der Waals surface area contributed by atoms with Crippen LogP contribution in [0.25, 0.3) is 0 Å². The summed E-state index contributed by atoms with van der Waals surface area (Å²) < 4.78 is 110. The van der Waals surface area contributed by atoms with Crippen LogP contribution in [0.1, 0.15) is 0 Å². The third kappa shape index (κ3) is 1.18. The normalized spacial score (nSPS) is 30.9. The minimum atomic E-state index is -6.52. The molecule has 0 bridgehead atoms. The van der Waals surface area contributed by atoms with Crippen molar-refractivity contribution in [3.63, 3.8) is 0 Å². The number of rotatable bonds is 0. The van der Waals surface area contributed by atoms with Crippen molar-refractivity contribution < 1.29 is 39.5 Å². The molecule has 0 spiro atoms. The van der Waals surface area contributed by atoms with Crippen molar-refractivity contribution >= 4 is 0 Å². The summed E-state index contributed by atoms with van der Waals surface area (Å²) in [5, 5.41) is 0. The Kier molecular flexibility index (Phi) is 2.12. The third-order valence-corrected chi connectivity index (χ3v) is 1.73. The standard InChI is InChI=1S/C6F9/c7-2-1-3(8,9)5(12,13)6(14,15)4(2,10)11. The van der Waals surface area contributed by atoms with Crippen molar-refractivity contribution in [2.24, 2.45) is 0 Å². The van der Waals surface area contributed by atoms with Crippen LogP contribution in [0, 0.1) is 6.08 Å². The highest BCUT2D eigenvalue weighted by Gasteiger charge is 2.84. The minimum Gasteiger partial charge on any atom is -0.204 e. The summed E-state index contributed by atoms with van der Waals surface area (Å²) in [6, 6.07) is 0. The SMILES string of the molecule is FC1=[C]C(F)(F)C(F)(F)C(F)(F)C1(F)F. The van der Waals surface area contributed by atoms with Crippen LogP contribution >= 0.6 is 0 Å². The van der Waals surface area contributed by atoms with Crippen LogP contribution in [0.15, 0.2) is 5.83 Å². The molecule has 0 saturated heterocycles. The first-order chi connectivity index (χ1) is 6.38. The molecule has 0 aromatic heterocycles. The maximum atomic E-state index is 12.2. The zero-order valence-corrected chi connectivity index (χ0v) is 6.40. The molecule has 0 aromatic carbocycles. The molecule has 0 heterocycles. The van der Waals surface area contributed by atoms with Gasteiger partial charge in [-0.1, -0.05) is 0 Å². The molecule has 0 atom stereocenters. The van der Waals surface area contributed by atoms with E-state index < -0.39 is 29.5 Å². The lowest BCUT2D eigenvalue weighted by molar-refractivity contribution is -0.362. The van der Waals surface area contributed by atoms with Crippen molar-refractivity contribution in [3.8, 4) is 0 Å². The first kappa shape index (κ1) is 12.2. The highest BCUT2D eigenvalue weighted by Crippen LogP contribution is 2.58. The molecule has 0 nitrogen and oxygen atoms in total. The Balaban J connectivity index is 3.49. The largest absolute Gasteiger partial charge is 0.385 e. The maximum absolute atomic E-state index is 12.2. The number of hydrogen-bond donors (Lipinski definition) is 0. The van der Waals surface area contributed by atoms with E-state index in [1.54, 1.807) is 0 Å². The van der Waals surface area contributed by atoms with Crippen molar-refractivity contribution in [2.45, 2.75) is 23.7 Å². The molecule has 0 fully saturated rings. The fourth-order valence-corrected chi connectivity index (χ4v) is 0.827. The topological polar surface area (TPSA) is 0 Å². The summed E-state index contributed by atoms with van der Waals surface area (Å²) in [5.74, 6) is -28.1. The zero-order valence-electron chi connectivity index (χ0n) is 6.40. The van der Waals surface area contributed by atoms with E-state index in [1.807, 2.05) is 0 Å². The average molecular weight is 243 g/mol. The molecule has 0 N–H and O–H groups in total. The van der Waals surface area contributed by atoms with E-state index >= 15 is 0 Å². The van der Waals surface area contributed by atoms with Crippen LogP contribution in [0.4, 0.5) is 39.5 Å². The lowest BCUT2D eigenvalue weighted by Gasteiger charge is -2.38. The molecular formula is C6F9. The highest BCUT2D eigenvalue weighted by molar-refractivity contribution is 5.23. The first-order valence-corrected chi connectivity index (χ1v) is 3.20. The average Bonchev–Trinajstić information content (AvgIpc) is 2.00. The van der Waals surface area contributed by atoms with Crippen LogP contribution in [0.5, 0.6) is 0 Å². The van der Waals surface area contributed by atoms with Crippen LogP contribution in [-0.4, -0.2) is 23.7 Å². The molecule has 1 aliphatic rings. The Labute approximate surface area is 76.4 Å². The van der Waals surface area contributed by atoms with Gasteiger partial charge in [0.15, 0.2) is 5.83 Å². The monoisotopic (exact) mass is 243 g/mol. The molecule has 9 heteroatoms. The summed E-state index contributed by atoms with van der Waals surface area (Å²) in [7, 11) is 0. The van der Waals surface area contributed by atoms with E-state index in [2.05, 4.69) is 0 Å². The van der Waals surface area contributed by atoms with Gasteiger partial charge in [0.05, 0.1) is 6.08 Å². The van der Waals surface area contributed by atoms with Gasteiger partial charge in [-0.15, -0.1) is 0 Å². The van der Waals surface area contributed by atoms with Gasteiger partial charge >= 0.3 is 23.7 Å². The van der Waals surface area contributed by atoms with Crippen LogP contribution in [-0.2, 0) is 0 Å². The summed E-state index contributed by atoms with van der Waals surface area (Å²) in [6.45, 7) is 0. The molecular weight excluding hydrogens is 243 g/mol. The van der Waals surface area contributed by atoms with Gasteiger partial charge in [0.1, 0.15) is 0 Å². The predicted molar refractivity (Wildman–Crippen MR) is 27.7 cm³/mol. The van der Waals surface area contributed by atoms with E-state index in [4.69, 9.17) is 0 Å². The van der Waals surface area contributed by atoms with Crippen molar-refractivity contribution in [1.82, 2.24) is 0 Å². The second kappa shape index (κ2) is 2.62. The van der Waals surface area contributed by atoms with Crippen molar-refractivity contribution in [3.05, 3.63) is 11.9 Å². The fourth-order valence-electron chi connectivity index (χ4n) is 0.827.